The highest BCUT2D eigenvalue weighted by molar-refractivity contribution is 5.79. The fourth-order valence-electron chi connectivity index (χ4n) is 2.18. The Kier molecular flexibility index (Phi) is 2.53. The van der Waals surface area contributed by atoms with Gasteiger partial charge in [0.25, 0.3) is 0 Å². The fraction of sp³-hybridized carbons (Fsp3) is 0.333. The van der Waals surface area contributed by atoms with Crippen molar-refractivity contribution >= 4 is 22.7 Å². The van der Waals surface area contributed by atoms with E-state index >= 15 is 0 Å². The van der Waals surface area contributed by atoms with E-state index in [4.69, 9.17) is 5.73 Å². The van der Waals surface area contributed by atoms with Crippen LogP contribution < -0.4 is 10.6 Å². The molecule has 1 aromatic carbocycles. The third-order valence-corrected chi connectivity index (χ3v) is 3.14. The molecule has 0 amide bonds. The monoisotopic (exact) mass is 246 g/mol. The van der Waals surface area contributed by atoms with E-state index in [1.165, 1.54) is 0 Å². The second kappa shape index (κ2) is 4.08. The lowest BCUT2D eigenvalue weighted by atomic mass is 10.3. The van der Waals surface area contributed by atoms with E-state index in [2.05, 4.69) is 9.97 Å². The van der Waals surface area contributed by atoms with Crippen LogP contribution in [0.15, 0.2) is 24.3 Å². The number of aromatic nitrogens is 2. The molecule has 0 saturated carbocycles. The van der Waals surface area contributed by atoms with Gasteiger partial charge in [0.1, 0.15) is 0 Å². The van der Waals surface area contributed by atoms with Crippen LogP contribution in [0.2, 0.25) is 0 Å². The number of benzene rings is 1. The van der Waals surface area contributed by atoms with Gasteiger partial charge in [-0.25, -0.2) is 9.97 Å². The highest BCUT2D eigenvalue weighted by atomic mass is 16.3. The smallest absolute Gasteiger partial charge is 0.172 e. The Labute approximate surface area is 104 Å². The van der Waals surface area contributed by atoms with E-state index in [1.54, 1.807) is 4.90 Å². The molecule has 0 bridgehead atoms. The molecular weight excluding hydrogens is 232 g/mol. The van der Waals surface area contributed by atoms with Crippen molar-refractivity contribution < 1.29 is 10.2 Å². The van der Waals surface area contributed by atoms with E-state index in [-0.39, 0.29) is 0 Å². The first-order valence-electron chi connectivity index (χ1n) is 5.78. The number of rotatable bonds is 1. The summed E-state index contributed by atoms with van der Waals surface area (Å²) in [6.45, 7) is 0.636. The third kappa shape index (κ3) is 1.75. The van der Waals surface area contributed by atoms with Crippen LogP contribution in [0.25, 0.3) is 11.0 Å². The van der Waals surface area contributed by atoms with E-state index in [0.29, 0.717) is 24.7 Å². The summed E-state index contributed by atoms with van der Waals surface area (Å²) in [5, 5.41) is 19.1. The lowest BCUT2D eigenvalue weighted by Gasteiger charge is -2.18. The lowest BCUT2D eigenvalue weighted by molar-refractivity contribution is 0.0572. The molecule has 1 saturated heterocycles. The maximum absolute atomic E-state index is 9.55. The van der Waals surface area contributed by atoms with Gasteiger partial charge >= 0.3 is 0 Å². The van der Waals surface area contributed by atoms with Crippen molar-refractivity contribution in [2.24, 2.45) is 0 Å². The number of para-hydroxylation sites is 2. The van der Waals surface area contributed by atoms with Gasteiger partial charge in [-0.1, -0.05) is 12.1 Å². The molecule has 2 aromatic rings. The molecule has 0 radical (unpaired) electrons. The summed E-state index contributed by atoms with van der Waals surface area (Å²) in [5.74, 6) is 0.833. The zero-order valence-electron chi connectivity index (χ0n) is 9.69. The van der Waals surface area contributed by atoms with Gasteiger partial charge in [0.15, 0.2) is 11.6 Å². The van der Waals surface area contributed by atoms with Crippen LogP contribution >= 0.6 is 0 Å². The van der Waals surface area contributed by atoms with Crippen molar-refractivity contribution in [2.75, 3.05) is 23.7 Å². The molecule has 0 spiro atoms. The Morgan fingerprint density at radius 3 is 2.22 bits per heavy atom. The molecule has 2 heterocycles. The Morgan fingerprint density at radius 2 is 1.61 bits per heavy atom. The molecule has 18 heavy (non-hydrogen) atoms. The summed E-state index contributed by atoms with van der Waals surface area (Å²) in [7, 11) is 0. The van der Waals surface area contributed by atoms with Crippen LogP contribution in [0.4, 0.5) is 11.6 Å². The molecular formula is C12H14N4O2. The number of aliphatic hydroxyl groups excluding tert-OH is 2. The number of hydrogen-bond acceptors (Lipinski definition) is 6. The topological polar surface area (TPSA) is 95.5 Å². The number of aliphatic hydroxyl groups is 2. The van der Waals surface area contributed by atoms with Crippen molar-refractivity contribution in [3.63, 3.8) is 0 Å². The van der Waals surface area contributed by atoms with Crippen LogP contribution in [0.1, 0.15) is 0 Å². The van der Waals surface area contributed by atoms with E-state index < -0.39 is 12.2 Å². The first-order chi connectivity index (χ1) is 8.65. The molecule has 2 atom stereocenters. The number of β-amino-alcohol motifs (C(OH)–C–C–N with tert-alkyl or cyclic N) is 2. The maximum atomic E-state index is 9.55. The number of nitrogens with zero attached hydrogens (tertiary/aromatic N) is 3. The summed E-state index contributed by atoms with van der Waals surface area (Å²) in [4.78, 5) is 10.5. The van der Waals surface area contributed by atoms with Gasteiger partial charge in [0, 0.05) is 13.1 Å². The van der Waals surface area contributed by atoms with Crippen LogP contribution in [0, 0.1) is 0 Å². The molecule has 1 fully saturated rings. The van der Waals surface area contributed by atoms with Gasteiger partial charge in [0.2, 0.25) is 0 Å². The molecule has 1 aromatic heterocycles. The van der Waals surface area contributed by atoms with Crippen LogP contribution in [0.5, 0.6) is 0 Å². The Bertz CT molecular complexity index is 579. The Balaban J connectivity index is 2.04. The molecule has 2 unspecified atom stereocenters. The Morgan fingerprint density at radius 1 is 1.06 bits per heavy atom. The highest BCUT2D eigenvalue weighted by Gasteiger charge is 2.31. The van der Waals surface area contributed by atoms with Gasteiger partial charge in [-0.15, -0.1) is 0 Å². The van der Waals surface area contributed by atoms with Gasteiger partial charge in [-0.2, -0.15) is 0 Å². The molecule has 3 rings (SSSR count). The maximum Gasteiger partial charge on any atom is 0.172 e. The molecule has 1 aliphatic heterocycles. The summed E-state index contributed by atoms with van der Waals surface area (Å²) < 4.78 is 0. The molecule has 6 heteroatoms. The first-order valence-corrected chi connectivity index (χ1v) is 5.78. The third-order valence-electron chi connectivity index (χ3n) is 3.14. The molecule has 6 nitrogen and oxygen atoms in total. The average molecular weight is 246 g/mol. The SMILES string of the molecule is Nc1nc2ccccc2nc1N1CC(O)C(O)C1. The second-order valence-corrected chi connectivity index (χ2v) is 4.46. The van der Waals surface area contributed by atoms with Gasteiger partial charge < -0.3 is 20.8 Å². The van der Waals surface area contributed by atoms with E-state index in [0.717, 1.165) is 11.0 Å². The summed E-state index contributed by atoms with van der Waals surface area (Å²) in [5.41, 5.74) is 7.36. The largest absolute Gasteiger partial charge is 0.389 e. The molecule has 1 aliphatic rings. The number of nitrogens with two attached hydrogens (primary N) is 1. The number of anilines is 2. The first kappa shape index (κ1) is 11.2. The predicted octanol–water partition coefficient (Wildman–Crippen LogP) is -0.246. The summed E-state index contributed by atoms with van der Waals surface area (Å²) in [6.07, 6.45) is -1.53. The zero-order chi connectivity index (χ0) is 12.7. The zero-order valence-corrected chi connectivity index (χ0v) is 9.69. The van der Waals surface area contributed by atoms with Crippen molar-refractivity contribution in [2.45, 2.75) is 12.2 Å². The molecule has 0 aliphatic carbocycles. The number of fused-ring (bicyclic) bond motifs is 1. The van der Waals surface area contributed by atoms with Gasteiger partial charge in [-0.05, 0) is 12.1 Å². The average Bonchev–Trinajstić information content (AvgIpc) is 2.68. The minimum Gasteiger partial charge on any atom is -0.389 e. The lowest BCUT2D eigenvalue weighted by Crippen LogP contribution is -2.23. The second-order valence-electron chi connectivity index (χ2n) is 4.46. The standard InChI is InChI=1S/C12H14N4O2/c13-11-12(16-5-9(17)10(18)6-16)15-8-4-2-1-3-7(8)14-11/h1-4,9-10,17-18H,5-6H2,(H2,13,14). The minimum absolute atomic E-state index is 0.315. The number of hydrogen-bond donors (Lipinski definition) is 3. The summed E-state index contributed by atoms with van der Waals surface area (Å²) in [6, 6.07) is 7.45. The van der Waals surface area contributed by atoms with Crippen molar-refractivity contribution in [3.05, 3.63) is 24.3 Å². The van der Waals surface area contributed by atoms with Gasteiger partial charge in [-0.3, -0.25) is 0 Å². The van der Waals surface area contributed by atoms with Crippen molar-refractivity contribution in [1.29, 1.82) is 0 Å². The van der Waals surface area contributed by atoms with Crippen LogP contribution in [0.3, 0.4) is 0 Å². The fourth-order valence-corrected chi connectivity index (χ4v) is 2.18. The summed E-state index contributed by atoms with van der Waals surface area (Å²) >= 11 is 0. The quantitative estimate of drug-likeness (QED) is 0.642. The van der Waals surface area contributed by atoms with Crippen LogP contribution in [-0.4, -0.2) is 45.5 Å². The number of nitrogen functional groups attached to an aromatic ring is 1. The predicted molar refractivity (Wildman–Crippen MR) is 68.2 cm³/mol. The van der Waals surface area contributed by atoms with Crippen molar-refractivity contribution in [3.8, 4) is 0 Å². The minimum atomic E-state index is -0.766. The van der Waals surface area contributed by atoms with Gasteiger partial charge in [0.05, 0.1) is 23.2 Å². The molecule has 94 valence electrons. The normalized spacial score (nSPS) is 23.8. The van der Waals surface area contributed by atoms with Crippen molar-refractivity contribution in [1.82, 2.24) is 9.97 Å². The molecule has 4 N–H and O–H groups in total. The van der Waals surface area contributed by atoms with Crippen LogP contribution in [-0.2, 0) is 0 Å². The highest BCUT2D eigenvalue weighted by Crippen LogP contribution is 2.25. The Hall–Kier alpha value is -1.92. The van der Waals surface area contributed by atoms with E-state index in [9.17, 15) is 10.2 Å². The van der Waals surface area contributed by atoms with E-state index in [1.807, 2.05) is 24.3 Å².